The molecule has 1 aromatic heterocycles. The smallest absolute Gasteiger partial charge is 0.320 e. The van der Waals surface area contributed by atoms with Gasteiger partial charge in [0.2, 0.25) is 11.7 Å². The molecule has 2 aromatic rings. The first-order valence-electron chi connectivity index (χ1n) is 6.41. The first-order valence-corrected chi connectivity index (χ1v) is 6.41. The lowest BCUT2D eigenvalue weighted by atomic mass is 10.2. The van der Waals surface area contributed by atoms with E-state index in [4.69, 9.17) is 14.4 Å². The van der Waals surface area contributed by atoms with Crippen LogP contribution >= 0.6 is 0 Å². The van der Waals surface area contributed by atoms with Crippen LogP contribution in [0.1, 0.15) is 12.8 Å². The van der Waals surface area contributed by atoms with E-state index in [1.54, 1.807) is 26.0 Å². The third-order valence-electron chi connectivity index (χ3n) is 3.22. The highest BCUT2D eigenvalue weighted by atomic mass is 16.5. The predicted octanol–water partition coefficient (Wildman–Crippen LogP) is 1.65. The topological polar surface area (TPSA) is 88.7 Å². The number of carbonyl (C=O) groups is 1. The van der Waals surface area contributed by atoms with Gasteiger partial charge in [-0.05, 0) is 38.2 Å². The number of nitrogens with zero attached hydrogens (tertiary/aromatic N) is 3. The zero-order valence-electron chi connectivity index (χ0n) is 12.1. The van der Waals surface area contributed by atoms with Gasteiger partial charge in [-0.1, -0.05) is 5.16 Å². The van der Waals surface area contributed by atoms with Gasteiger partial charge in [-0.15, -0.1) is 0 Å². The standard InChI is InChI=1S/C14H17N3O4/c1-9(14(18)19)17(2)8-12-15-13(16-21-12)10-4-6-11(20-3)7-5-10/h4-7,9H,8H2,1-3H3,(H,18,19). The molecule has 0 amide bonds. The van der Waals surface area contributed by atoms with Crippen LogP contribution < -0.4 is 4.74 Å². The monoisotopic (exact) mass is 291 g/mol. The van der Waals surface area contributed by atoms with Crippen LogP contribution in [0.5, 0.6) is 5.75 Å². The van der Waals surface area contributed by atoms with Crippen molar-refractivity contribution in [2.45, 2.75) is 19.5 Å². The highest BCUT2D eigenvalue weighted by Gasteiger charge is 2.19. The number of ether oxygens (including phenoxy) is 1. The summed E-state index contributed by atoms with van der Waals surface area (Å²) in [5, 5.41) is 12.8. The fraction of sp³-hybridized carbons (Fsp3) is 0.357. The third kappa shape index (κ3) is 3.57. The number of likely N-dealkylation sites (N-methyl/N-ethyl adjacent to an activating group) is 1. The van der Waals surface area contributed by atoms with E-state index >= 15 is 0 Å². The normalized spacial score (nSPS) is 12.4. The van der Waals surface area contributed by atoms with Crippen LogP contribution in [0, 0.1) is 0 Å². The SMILES string of the molecule is COc1ccc(-c2noc(CN(C)C(C)C(=O)O)n2)cc1. The second kappa shape index (κ2) is 6.36. The van der Waals surface area contributed by atoms with Crippen molar-refractivity contribution in [3.05, 3.63) is 30.2 Å². The largest absolute Gasteiger partial charge is 0.497 e. The molecule has 0 radical (unpaired) electrons. The van der Waals surface area contributed by atoms with Crippen molar-refractivity contribution in [3.63, 3.8) is 0 Å². The van der Waals surface area contributed by atoms with Gasteiger partial charge in [0.15, 0.2) is 0 Å². The van der Waals surface area contributed by atoms with Crippen molar-refractivity contribution in [3.8, 4) is 17.1 Å². The second-order valence-corrected chi connectivity index (χ2v) is 4.67. The van der Waals surface area contributed by atoms with Gasteiger partial charge in [0.25, 0.3) is 0 Å². The molecule has 1 heterocycles. The zero-order valence-corrected chi connectivity index (χ0v) is 12.1. The van der Waals surface area contributed by atoms with Gasteiger partial charge < -0.3 is 14.4 Å². The quantitative estimate of drug-likeness (QED) is 0.865. The molecular formula is C14H17N3O4. The minimum Gasteiger partial charge on any atom is -0.497 e. The molecule has 112 valence electrons. The maximum Gasteiger partial charge on any atom is 0.320 e. The first-order chi connectivity index (χ1) is 10.0. The summed E-state index contributed by atoms with van der Waals surface area (Å²) >= 11 is 0. The molecule has 2 rings (SSSR count). The van der Waals surface area contributed by atoms with Crippen molar-refractivity contribution in [2.24, 2.45) is 0 Å². The molecule has 7 heteroatoms. The van der Waals surface area contributed by atoms with E-state index in [9.17, 15) is 4.79 Å². The van der Waals surface area contributed by atoms with Crippen molar-refractivity contribution >= 4 is 5.97 Å². The average Bonchev–Trinajstić information content (AvgIpc) is 2.94. The molecule has 0 bridgehead atoms. The molecule has 0 aliphatic heterocycles. The molecule has 0 spiro atoms. The summed E-state index contributed by atoms with van der Waals surface area (Å²) in [4.78, 5) is 16.8. The van der Waals surface area contributed by atoms with Crippen molar-refractivity contribution < 1.29 is 19.2 Å². The van der Waals surface area contributed by atoms with E-state index in [1.165, 1.54) is 0 Å². The van der Waals surface area contributed by atoms with E-state index in [-0.39, 0.29) is 6.54 Å². The van der Waals surface area contributed by atoms with Gasteiger partial charge in [0.05, 0.1) is 13.7 Å². The van der Waals surface area contributed by atoms with Crippen LogP contribution in [0.4, 0.5) is 0 Å². The fourth-order valence-electron chi connectivity index (χ4n) is 1.72. The Morgan fingerprint density at radius 3 is 2.67 bits per heavy atom. The Balaban J connectivity index is 2.08. The number of aromatic nitrogens is 2. The van der Waals surface area contributed by atoms with Crippen molar-refractivity contribution in [2.75, 3.05) is 14.2 Å². The molecule has 0 fully saturated rings. The lowest BCUT2D eigenvalue weighted by molar-refractivity contribution is -0.142. The second-order valence-electron chi connectivity index (χ2n) is 4.67. The fourth-order valence-corrected chi connectivity index (χ4v) is 1.72. The van der Waals surface area contributed by atoms with Crippen LogP contribution in [0.25, 0.3) is 11.4 Å². The minimum atomic E-state index is -0.896. The first kappa shape index (κ1) is 15.0. The number of carboxylic acids is 1. The van der Waals surface area contributed by atoms with Gasteiger partial charge in [0, 0.05) is 5.56 Å². The molecule has 0 aliphatic carbocycles. The lowest BCUT2D eigenvalue weighted by Gasteiger charge is -2.18. The molecule has 1 atom stereocenters. The Kier molecular flexibility index (Phi) is 4.54. The summed E-state index contributed by atoms with van der Waals surface area (Å²) in [5.41, 5.74) is 0.805. The van der Waals surface area contributed by atoms with Gasteiger partial charge in [0.1, 0.15) is 11.8 Å². The van der Waals surface area contributed by atoms with Crippen molar-refractivity contribution in [1.82, 2.24) is 15.0 Å². The van der Waals surface area contributed by atoms with Crippen LogP contribution in [-0.4, -0.2) is 46.3 Å². The molecule has 0 saturated carbocycles. The molecule has 0 saturated heterocycles. The van der Waals surface area contributed by atoms with Gasteiger partial charge in [-0.2, -0.15) is 4.98 Å². The van der Waals surface area contributed by atoms with Gasteiger partial charge >= 0.3 is 5.97 Å². The minimum absolute atomic E-state index is 0.274. The van der Waals surface area contributed by atoms with E-state index in [1.807, 2.05) is 24.3 Å². The molecular weight excluding hydrogens is 274 g/mol. The average molecular weight is 291 g/mol. The Hall–Kier alpha value is -2.41. The number of hydrogen-bond donors (Lipinski definition) is 1. The number of aliphatic carboxylic acids is 1. The molecule has 21 heavy (non-hydrogen) atoms. The predicted molar refractivity (Wildman–Crippen MR) is 74.9 cm³/mol. The molecule has 0 aliphatic rings. The summed E-state index contributed by atoms with van der Waals surface area (Å²) in [5.74, 6) is 0.685. The Bertz CT molecular complexity index is 609. The number of carboxylic acid groups (broad SMARTS) is 1. The summed E-state index contributed by atoms with van der Waals surface area (Å²) in [7, 11) is 3.29. The van der Waals surface area contributed by atoms with E-state index in [0.29, 0.717) is 11.7 Å². The summed E-state index contributed by atoms with van der Waals surface area (Å²) in [6, 6.07) is 6.66. The van der Waals surface area contributed by atoms with E-state index < -0.39 is 12.0 Å². The van der Waals surface area contributed by atoms with E-state index in [0.717, 1.165) is 11.3 Å². The number of benzene rings is 1. The summed E-state index contributed by atoms with van der Waals surface area (Å²) < 4.78 is 10.2. The van der Waals surface area contributed by atoms with Gasteiger partial charge in [-0.3, -0.25) is 9.69 Å². The highest BCUT2D eigenvalue weighted by Crippen LogP contribution is 2.20. The van der Waals surface area contributed by atoms with E-state index in [2.05, 4.69) is 10.1 Å². The number of hydrogen-bond acceptors (Lipinski definition) is 6. The molecule has 1 aromatic carbocycles. The van der Waals surface area contributed by atoms with Crippen LogP contribution in [0.3, 0.4) is 0 Å². The zero-order chi connectivity index (χ0) is 15.4. The highest BCUT2D eigenvalue weighted by molar-refractivity contribution is 5.72. The molecule has 1 N–H and O–H groups in total. The Morgan fingerprint density at radius 2 is 2.10 bits per heavy atom. The van der Waals surface area contributed by atoms with Gasteiger partial charge in [-0.25, -0.2) is 0 Å². The number of rotatable bonds is 6. The summed E-state index contributed by atoms with van der Waals surface area (Å²) in [6.45, 7) is 1.87. The van der Waals surface area contributed by atoms with Crippen LogP contribution in [0.2, 0.25) is 0 Å². The maximum absolute atomic E-state index is 10.9. The maximum atomic E-state index is 10.9. The third-order valence-corrected chi connectivity index (χ3v) is 3.22. The van der Waals surface area contributed by atoms with Crippen LogP contribution in [-0.2, 0) is 11.3 Å². The summed E-state index contributed by atoms with van der Waals surface area (Å²) in [6.07, 6.45) is 0. The molecule has 1 unspecified atom stereocenters. The Labute approximate surface area is 122 Å². The molecule has 7 nitrogen and oxygen atoms in total. The van der Waals surface area contributed by atoms with Crippen LogP contribution in [0.15, 0.2) is 28.8 Å². The van der Waals surface area contributed by atoms with Crippen molar-refractivity contribution in [1.29, 1.82) is 0 Å². The Morgan fingerprint density at radius 1 is 1.43 bits per heavy atom. The number of methoxy groups -OCH3 is 1. The lowest BCUT2D eigenvalue weighted by Crippen LogP contribution is -2.35.